The zero-order valence-corrected chi connectivity index (χ0v) is 12.9. The van der Waals surface area contributed by atoms with E-state index < -0.39 is 0 Å². The van der Waals surface area contributed by atoms with Gasteiger partial charge in [-0.3, -0.25) is 0 Å². The fourth-order valence-corrected chi connectivity index (χ4v) is 2.30. The molecule has 0 bridgehead atoms. The van der Waals surface area contributed by atoms with Crippen LogP contribution in [-0.2, 0) is 11.2 Å². The van der Waals surface area contributed by atoms with Gasteiger partial charge in [0.05, 0.1) is 0 Å². The van der Waals surface area contributed by atoms with E-state index in [1.807, 2.05) is 0 Å². The molecule has 0 aliphatic rings. The molecule has 0 aliphatic heterocycles. The Morgan fingerprint density at radius 3 is 2.59 bits per heavy atom. The molecule has 0 heterocycles. The third-order valence-electron chi connectivity index (χ3n) is 2.79. The Bertz CT molecular complexity index is 300. The Balaban J connectivity index is 2.44. The summed E-state index contributed by atoms with van der Waals surface area (Å²) in [6.45, 7) is 4.05. The van der Waals surface area contributed by atoms with Crippen LogP contribution in [-0.4, -0.2) is 26.3 Å². The molecule has 0 amide bonds. The molecule has 0 radical (unpaired) electrons. The average molecular weight is 347 g/mol. The minimum Gasteiger partial charge on any atom is -0.385 e. The molecule has 1 N–H and O–H groups in total. The van der Waals surface area contributed by atoms with Crippen LogP contribution in [0.25, 0.3) is 0 Å². The van der Waals surface area contributed by atoms with Gasteiger partial charge in [0.1, 0.15) is 0 Å². The van der Waals surface area contributed by atoms with Gasteiger partial charge in [-0.2, -0.15) is 0 Å². The van der Waals surface area contributed by atoms with Crippen molar-refractivity contribution in [2.45, 2.75) is 32.2 Å². The van der Waals surface area contributed by atoms with E-state index >= 15 is 0 Å². The first-order valence-corrected chi connectivity index (χ1v) is 7.31. The lowest BCUT2D eigenvalue weighted by Crippen LogP contribution is -2.31. The molecule has 1 aromatic rings. The van der Waals surface area contributed by atoms with E-state index in [0.29, 0.717) is 6.04 Å². The first-order chi connectivity index (χ1) is 8.26. The van der Waals surface area contributed by atoms with Crippen LogP contribution in [0.15, 0.2) is 24.3 Å². The Labute approximate surface area is 118 Å². The maximum absolute atomic E-state index is 5.11. The Kier molecular flexibility index (Phi) is 7.81. The molecule has 1 aromatic carbocycles. The van der Waals surface area contributed by atoms with E-state index in [0.717, 1.165) is 26.0 Å². The molecule has 3 heteroatoms. The van der Waals surface area contributed by atoms with Gasteiger partial charge < -0.3 is 10.1 Å². The van der Waals surface area contributed by atoms with Crippen LogP contribution >= 0.6 is 22.6 Å². The number of methoxy groups -OCH3 is 1. The number of hydrogen-bond acceptors (Lipinski definition) is 2. The molecular formula is C14H22INO. The molecule has 2 nitrogen and oxygen atoms in total. The summed E-state index contributed by atoms with van der Waals surface area (Å²) in [5.74, 6) is 0. The van der Waals surface area contributed by atoms with Crippen molar-refractivity contribution >= 4 is 22.6 Å². The number of ether oxygens (including phenoxy) is 1. The maximum atomic E-state index is 5.11. The first-order valence-electron chi connectivity index (χ1n) is 6.23. The van der Waals surface area contributed by atoms with Crippen LogP contribution in [0.4, 0.5) is 0 Å². The van der Waals surface area contributed by atoms with Crippen LogP contribution in [0, 0.1) is 3.57 Å². The van der Waals surface area contributed by atoms with Crippen molar-refractivity contribution < 1.29 is 4.74 Å². The number of nitrogens with one attached hydrogen (secondary N) is 1. The number of rotatable bonds is 8. The summed E-state index contributed by atoms with van der Waals surface area (Å²) in [4.78, 5) is 0. The zero-order valence-electron chi connectivity index (χ0n) is 10.7. The van der Waals surface area contributed by atoms with Crippen molar-refractivity contribution in [1.29, 1.82) is 0 Å². The van der Waals surface area contributed by atoms with Gasteiger partial charge in [0.25, 0.3) is 0 Å². The maximum Gasteiger partial charge on any atom is 0.0462 e. The molecule has 0 saturated heterocycles. The minimum atomic E-state index is 0.565. The fourth-order valence-electron chi connectivity index (χ4n) is 1.94. The van der Waals surface area contributed by atoms with Crippen molar-refractivity contribution in [3.63, 3.8) is 0 Å². The Hall–Kier alpha value is -0.130. The van der Waals surface area contributed by atoms with E-state index in [1.165, 1.54) is 15.6 Å². The normalized spacial score (nSPS) is 12.6. The van der Waals surface area contributed by atoms with Gasteiger partial charge in [0.15, 0.2) is 0 Å². The van der Waals surface area contributed by atoms with Gasteiger partial charge >= 0.3 is 0 Å². The average Bonchev–Trinajstić information content (AvgIpc) is 2.32. The van der Waals surface area contributed by atoms with Gasteiger partial charge in [0, 0.05) is 23.3 Å². The predicted octanol–water partition coefficient (Wildman–Crippen LogP) is 3.24. The highest BCUT2D eigenvalue weighted by atomic mass is 127. The SMILES string of the molecule is CCNC(CCCOC)Cc1ccc(I)cc1. The summed E-state index contributed by atoms with van der Waals surface area (Å²) < 4.78 is 6.40. The van der Waals surface area contributed by atoms with Crippen molar-refractivity contribution in [1.82, 2.24) is 5.32 Å². The van der Waals surface area contributed by atoms with Crippen LogP contribution in [0.5, 0.6) is 0 Å². The molecule has 17 heavy (non-hydrogen) atoms. The number of benzene rings is 1. The largest absolute Gasteiger partial charge is 0.385 e. The van der Waals surface area contributed by atoms with Crippen molar-refractivity contribution in [2.24, 2.45) is 0 Å². The lowest BCUT2D eigenvalue weighted by molar-refractivity contribution is 0.188. The molecule has 0 aromatic heterocycles. The standard InChI is InChI=1S/C14H22INO/c1-3-16-14(5-4-10-17-2)11-12-6-8-13(15)9-7-12/h6-9,14,16H,3-5,10-11H2,1-2H3. The molecule has 0 aliphatic carbocycles. The summed E-state index contributed by atoms with van der Waals surface area (Å²) in [6, 6.07) is 9.36. The Morgan fingerprint density at radius 1 is 1.29 bits per heavy atom. The van der Waals surface area contributed by atoms with Gasteiger partial charge in [-0.05, 0) is 66.1 Å². The van der Waals surface area contributed by atoms with Gasteiger partial charge in [-0.15, -0.1) is 0 Å². The highest BCUT2D eigenvalue weighted by Gasteiger charge is 2.07. The molecule has 96 valence electrons. The van der Waals surface area contributed by atoms with Crippen LogP contribution < -0.4 is 5.32 Å². The minimum absolute atomic E-state index is 0.565. The quantitative estimate of drug-likeness (QED) is 0.576. The van der Waals surface area contributed by atoms with E-state index in [2.05, 4.69) is 59.1 Å². The summed E-state index contributed by atoms with van der Waals surface area (Å²) >= 11 is 2.34. The molecule has 1 rings (SSSR count). The number of likely N-dealkylation sites (N-methyl/N-ethyl adjacent to an activating group) is 1. The number of hydrogen-bond donors (Lipinski definition) is 1. The number of halogens is 1. The van der Waals surface area contributed by atoms with Crippen molar-refractivity contribution in [2.75, 3.05) is 20.3 Å². The molecule has 0 saturated carbocycles. The second-order valence-electron chi connectivity index (χ2n) is 4.22. The summed E-state index contributed by atoms with van der Waals surface area (Å²) in [7, 11) is 1.77. The zero-order chi connectivity index (χ0) is 12.5. The Morgan fingerprint density at radius 2 is 2.00 bits per heavy atom. The molecule has 1 atom stereocenters. The lowest BCUT2D eigenvalue weighted by Gasteiger charge is -2.17. The third kappa shape index (κ3) is 6.38. The molecule has 0 fully saturated rings. The summed E-state index contributed by atoms with van der Waals surface area (Å²) in [5.41, 5.74) is 1.41. The first kappa shape index (κ1) is 14.9. The summed E-state index contributed by atoms with van der Waals surface area (Å²) in [5, 5.41) is 3.55. The molecule has 0 spiro atoms. The van der Waals surface area contributed by atoms with E-state index in [1.54, 1.807) is 7.11 Å². The lowest BCUT2D eigenvalue weighted by atomic mass is 10.0. The topological polar surface area (TPSA) is 21.3 Å². The van der Waals surface area contributed by atoms with Crippen LogP contribution in [0.2, 0.25) is 0 Å². The van der Waals surface area contributed by atoms with Gasteiger partial charge in [-0.25, -0.2) is 0 Å². The molecular weight excluding hydrogens is 325 g/mol. The van der Waals surface area contributed by atoms with E-state index in [4.69, 9.17) is 4.74 Å². The monoisotopic (exact) mass is 347 g/mol. The highest BCUT2D eigenvalue weighted by molar-refractivity contribution is 14.1. The van der Waals surface area contributed by atoms with Crippen LogP contribution in [0.1, 0.15) is 25.3 Å². The van der Waals surface area contributed by atoms with Crippen LogP contribution in [0.3, 0.4) is 0 Å². The second kappa shape index (κ2) is 8.89. The second-order valence-corrected chi connectivity index (χ2v) is 5.47. The van der Waals surface area contributed by atoms with Crippen molar-refractivity contribution in [3.05, 3.63) is 33.4 Å². The predicted molar refractivity (Wildman–Crippen MR) is 81.4 cm³/mol. The van der Waals surface area contributed by atoms with Gasteiger partial charge in [0.2, 0.25) is 0 Å². The fraction of sp³-hybridized carbons (Fsp3) is 0.571. The third-order valence-corrected chi connectivity index (χ3v) is 3.51. The molecule has 1 unspecified atom stereocenters. The summed E-state index contributed by atoms with van der Waals surface area (Å²) in [6.07, 6.45) is 3.40. The van der Waals surface area contributed by atoms with E-state index in [9.17, 15) is 0 Å². The van der Waals surface area contributed by atoms with Gasteiger partial charge in [-0.1, -0.05) is 19.1 Å². The van der Waals surface area contributed by atoms with Crippen molar-refractivity contribution in [3.8, 4) is 0 Å². The van der Waals surface area contributed by atoms with E-state index in [-0.39, 0.29) is 0 Å². The highest BCUT2D eigenvalue weighted by Crippen LogP contribution is 2.11. The smallest absolute Gasteiger partial charge is 0.0462 e.